The predicted octanol–water partition coefficient (Wildman–Crippen LogP) is 3.63. The molecule has 3 aromatic heterocycles. The van der Waals surface area contributed by atoms with Gasteiger partial charge in [-0.05, 0) is 37.5 Å². The van der Waals surface area contributed by atoms with E-state index in [1.54, 1.807) is 19.3 Å². The molecule has 1 N–H and O–H groups in total. The van der Waals surface area contributed by atoms with Crippen molar-refractivity contribution >= 4 is 17.0 Å². The Labute approximate surface area is 140 Å². The van der Waals surface area contributed by atoms with Gasteiger partial charge >= 0.3 is 5.97 Å². The molecule has 124 valence electrons. The fourth-order valence-corrected chi connectivity index (χ4v) is 2.92. The zero-order valence-corrected chi connectivity index (χ0v) is 14.3. The fraction of sp³-hybridized carbons (Fsp3) is 0.333. The van der Waals surface area contributed by atoms with Crippen LogP contribution in [0, 0.1) is 6.92 Å². The maximum absolute atomic E-state index is 12.7. The van der Waals surface area contributed by atoms with E-state index in [9.17, 15) is 4.79 Å². The summed E-state index contributed by atoms with van der Waals surface area (Å²) >= 11 is 0. The second-order valence-electron chi connectivity index (χ2n) is 5.91. The Morgan fingerprint density at radius 2 is 2.00 bits per heavy atom. The highest BCUT2D eigenvalue weighted by Gasteiger charge is 2.26. The zero-order chi connectivity index (χ0) is 17.3. The van der Waals surface area contributed by atoms with E-state index in [1.165, 1.54) is 0 Å². The summed E-state index contributed by atoms with van der Waals surface area (Å²) in [6.07, 6.45) is 3.43. The molecule has 0 bridgehead atoms. The molecule has 0 saturated carbocycles. The van der Waals surface area contributed by atoms with E-state index in [0.29, 0.717) is 17.8 Å². The fourth-order valence-electron chi connectivity index (χ4n) is 2.92. The van der Waals surface area contributed by atoms with E-state index < -0.39 is 0 Å². The summed E-state index contributed by atoms with van der Waals surface area (Å²) in [5.41, 5.74) is 4.40. The smallest absolute Gasteiger partial charge is 0.339 e. The van der Waals surface area contributed by atoms with Crippen molar-refractivity contribution in [1.82, 2.24) is 20.2 Å². The standard InChI is InChI=1S/C18H20N4O2/c1-5-24-18(23)15-13(10(2)3)16(12-6-8-19-9-7-12)20-17-14(15)11(4)21-22-17/h6-10H,5H2,1-4H3,(H,20,21,22). The third kappa shape index (κ3) is 2.64. The molecule has 0 aliphatic carbocycles. The Balaban J connectivity index is 2.41. The summed E-state index contributed by atoms with van der Waals surface area (Å²) in [5.74, 6) is -0.243. The van der Waals surface area contributed by atoms with E-state index in [-0.39, 0.29) is 11.9 Å². The van der Waals surface area contributed by atoms with Gasteiger partial charge in [0.25, 0.3) is 0 Å². The van der Waals surface area contributed by atoms with Gasteiger partial charge in [-0.2, -0.15) is 5.10 Å². The van der Waals surface area contributed by atoms with Crippen LogP contribution in [0.3, 0.4) is 0 Å². The first-order valence-corrected chi connectivity index (χ1v) is 8.00. The highest BCUT2D eigenvalue weighted by Crippen LogP contribution is 2.35. The van der Waals surface area contributed by atoms with Crippen LogP contribution in [0.5, 0.6) is 0 Å². The molecule has 0 atom stereocenters. The number of carbonyl (C=O) groups excluding carboxylic acids is 1. The van der Waals surface area contributed by atoms with Crippen LogP contribution in [0.15, 0.2) is 24.5 Å². The maximum Gasteiger partial charge on any atom is 0.339 e. The average molecular weight is 324 g/mol. The van der Waals surface area contributed by atoms with Crippen molar-refractivity contribution in [2.24, 2.45) is 0 Å². The Hall–Kier alpha value is -2.76. The highest BCUT2D eigenvalue weighted by atomic mass is 16.5. The molecule has 0 amide bonds. The van der Waals surface area contributed by atoms with Gasteiger partial charge in [0.05, 0.1) is 23.3 Å². The summed E-state index contributed by atoms with van der Waals surface area (Å²) in [5, 5.41) is 7.91. The summed E-state index contributed by atoms with van der Waals surface area (Å²) in [6.45, 7) is 8.10. The lowest BCUT2D eigenvalue weighted by atomic mass is 9.90. The number of aromatic nitrogens is 4. The number of nitrogens with one attached hydrogen (secondary N) is 1. The molecule has 0 aromatic carbocycles. The van der Waals surface area contributed by atoms with Gasteiger partial charge in [0, 0.05) is 23.7 Å². The van der Waals surface area contributed by atoms with E-state index in [0.717, 1.165) is 27.9 Å². The lowest BCUT2D eigenvalue weighted by Crippen LogP contribution is -2.12. The lowest BCUT2D eigenvalue weighted by Gasteiger charge is -2.17. The van der Waals surface area contributed by atoms with Crippen LogP contribution < -0.4 is 0 Å². The summed E-state index contributed by atoms with van der Waals surface area (Å²) in [6, 6.07) is 3.77. The van der Waals surface area contributed by atoms with Gasteiger partial charge in [-0.25, -0.2) is 9.78 Å². The number of esters is 1. The molecule has 0 radical (unpaired) electrons. The second kappa shape index (κ2) is 6.39. The van der Waals surface area contributed by atoms with Gasteiger partial charge in [0.15, 0.2) is 5.65 Å². The predicted molar refractivity (Wildman–Crippen MR) is 91.9 cm³/mol. The number of H-pyrrole nitrogens is 1. The summed E-state index contributed by atoms with van der Waals surface area (Å²) in [4.78, 5) is 21.5. The van der Waals surface area contributed by atoms with Gasteiger partial charge in [0.1, 0.15) is 0 Å². The van der Waals surface area contributed by atoms with Gasteiger partial charge in [-0.3, -0.25) is 10.1 Å². The minimum Gasteiger partial charge on any atom is -0.462 e. The molecule has 3 heterocycles. The molecule has 0 fully saturated rings. The van der Waals surface area contributed by atoms with E-state index in [2.05, 4.69) is 15.2 Å². The molecule has 0 aliphatic rings. The van der Waals surface area contributed by atoms with Crippen molar-refractivity contribution in [2.75, 3.05) is 6.61 Å². The molecule has 0 spiro atoms. The van der Waals surface area contributed by atoms with Crippen LogP contribution in [0.1, 0.15) is 48.3 Å². The van der Waals surface area contributed by atoms with Gasteiger partial charge < -0.3 is 4.74 Å². The SMILES string of the molecule is CCOC(=O)c1c(C(C)C)c(-c2ccncc2)nc2n[nH]c(C)c12. The molecule has 3 rings (SSSR count). The largest absolute Gasteiger partial charge is 0.462 e. The Morgan fingerprint density at radius 3 is 2.62 bits per heavy atom. The average Bonchev–Trinajstić information content (AvgIpc) is 2.95. The van der Waals surface area contributed by atoms with Crippen molar-refractivity contribution in [1.29, 1.82) is 0 Å². The number of rotatable bonds is 4. The number of nitrogens with zero attached hydrogens (tertiary/aromatic N) is 3. The van der Waals surface area contributed by atoms with Crippen molar-refractivity contribution < 1.29 is 9.53 Å². The number of aryl methyl sites for hydroxylation is 1. The number of pyridine rings is 2. The Morgan fingerprint density at radius 1 is 1.29 bits per heavy atom. The van der Waals surface area contributed by atoms with Crippen molar-refractivity contribution in [2.45, 2.75) is 33.6 Å². The number of aromatic amines is 1. The molecule has 3 aromatic rings. The first kappa shape index (κ1) is 16.1. The van der Waals surface area contributed by atoms with Crippen molar-refractivity contribution in [3.05, 3.63) is 41.3 Å². The quantitative estimate of drug-likeness (QED) is 0.741. The molecule has 6 heteroatoms. The first-order valence-electron chi connectivity index (χ1n) is 8.00. The van der Waals surface area contributed by atoms with E-state index in [4.69, 9.17) is 9.72 Å². The van der Waals surface area contributed by atoms with Crippen LogP contribution in [0.25, 0.3) is 22.3 Å². The Kier molecular flexibility index (Phi) is 4.29. The zero-order valence-electron chi connectivity index (χ0n) is 14.3. The molecular formula is C18H20N4O2. The minimum atomic E-state index is -0.339. The molecule has 0 saturated heterocycles. The number of hydrogen-bond acceptors (Lipinski definition) is 5. The third-order valence-electron chi connectivity index (χ3n) is 3.93. The van der Waals surface area contributed by atoms with Crippen LogP contribution in [-0.4, -0.2) is 32.7 Å². The topological polar surface area (TPSA) is 80.8 Å². The van der Waals surface area contributed by atoms with Crippen LogP contribution in [0.4, 0.5) is 0 Å². The van der Waals surface area contributed by atoms with Crippen LogP contribution >= 0.6 is 0 Å². The number of carbonyl (C=O) groups is 1. The molecule has 24 heavy (non-hydrogen) atoms. The molecular weight excluding hydrogens is 304 g/mol. The van der Waals surface area contributed by atoms with Crippen molar-refractivity contribution in [3.8, 4) is 11.3 Å². The van der Waals surface area contributed by atoms with Crippen LogP contribution in [0.2, 0.25) is 0 Å². The number of fused-ring (bicyclic) bond motifs is 1. The first-order chi connectivity index (χ1) is 11.5. The normalized spacial score (nSPS) is 11.2. The maximum atomic E-state index is 12.7. The summed E-state index contributed by atoms with van der Waals surface area (Å²) in [7, 11) is 0. The van der Waals surface area contributed by atoms with Crippen molar-refractivity contribution in [3.63, 3.8) is 0 Å². The van der Waals surface area contributed by atoms with Gasteiger partial charge in [-0.15, -0.1) is 0 Å². The van der Waals surface area contributed by atoms with Crippen LogP contribution in [-0.2, 0) is 4.74 Å². The Bertz CT molecular complexity index is 885. The highest BCUT2D eigenvalue weighted by molar-refractivity contribution is 6.06. The number of ether oxygens (including phenoxy) is 1. The summed E-state index contributed by atoms with van der Waals surface area (Å²) < 4.78 is 5.32. The minimum absolute atomic E-state index is 0.0961. The van der Waals surface area contributed by atoms with E-state index in [1.807, 2.05) is 32.9 Å². The molecule has 6 nitrogen and oxygen atoms in total. The van der Waals surface area contributed by atoms with Gasteiger partial charge in [0.2, 0.25) is 0 Å². The molecule has 0 unspecified atom stereocenters. The molecule has 0 aliphatic heterocycles. The monoisotopic (exact) mass is 324 g/mol. The third-order valence-corrected chi connectivity index (χ3v) is 3.93. The second-order valence-corrected chi connectivity index (χ2v) is 5.91. The van der Waals surface area contributed by atoms with E-state index >= 15 is 0 Å². The lowest BCUT2D eigenvalue weighted by molar-refractivity contribution is 0.0527. The number of hydrogen-bond donors (Lipinski definition) is 1. The van der Waals surface area contributed by atoms with Gasteiger partial charge in [-0.1, -0.05) is 13.8 Å².